The Hall–Kier alpha value is -2.60. The maximum absolute atomic E-state index is 13.0. The molecule has 1 aliphatic heterocycles. The van der Waals surface area contributed by atoms with Gasteiger partial charge in [0, 0.05) is 37.7 Å². The molecule has 3 rings (SSSR count). The summed E-state index contributed by atoms with van der Waals surface area (Å²) in [5, 5.41) is 13.2. The molecule has 5 nitrogen and oxygen atoms in total. The number of hydrogen-bond donors (Lipinski definition) is 2. The van der Waals surface area contributed by atoms with Crippen molar-refractivity contribution in [2.75, 3.05) is 20.2 Å². The Morgan fingerprint density at radius 2 is 2.00 bits per heavy atom. The van der Waals surface area contributed by atoms with E-state index in [9.17, 15) is 14.3 Å². The Kier molecular flexibility index (Phi) is 7.69. The number of nitrogens with zero attached hydrogens (tertiary/aromatic N) is 1. The summed E-state index contributed by atoms with van der Waals surface area (Å²) < 4.78 is 18.1. The molecule has 2 N–H and O–H groups in total. The van der Waals surface area contributed by atoms with Gasteiger partial charge in [-0.25, -0.2) is 4.39 Å². The minimum Gasteiger partial charge on any atom is -0.507 e. The second kappa shape index (κ2) is 10.4. The second-order valence-electron chi connectivity index (χ2n) is 8.05. The van der Waals surface area contributed by atoms with Crippen molar-refractivity contribution < 1.29 is 19.0 Å². The van der Waals surface area contributed by atoms with Crippen LogP contribution in [0.25, 0.3) is 0 Å². The molecule has 1 aliphatic rings. The summed E-state index contributed by atoms with van der Waals surface area (Å²) in [6, 6.07) is 11.6. The summed E-state index contributed by atoms with van der Waals surface area (Å²) in [6.07, 6.45) is 2.49. The molecular formula is C24H31FN2O3. The predicted octanol–water partition coefficient (Wildman–Crippen LogP) is 4.09. The van der Waals surface area contributed by atoms with Crippen LogP contribution in [0.3, 0.4) is 0 Å². The van der Waals surface area contributed by atoms with Gasteiger partial charge < -0.3 is 15.2 Å². The number of nitrogens with one attached hydrogen (secondary N) is 1. The number of halogens is 1. The monoisotopic (exact) mass is 414 g/mol. The minimum absolute atomic E-state index is 0.0454. The molecule has 6 heteroatoms. The molecule has 0 aromatic heterocycles. The fourth-order valence-electron chi connectivity index (χ4n) is 4.19. The van der Waals surface area contributed by atoms with E-state index in [1.165, 1.54) is 12.1 Å². The van der Waals surface area contributed by atoms with Crippen molar-refractivity contribution in [2.24, 2.45) is 11.8 Å². The van der Waals surface area contributed by atoms with Crippen molar-refractivity contribution in [1.29, 1.82) is 0 Å². The highest BCUT2D eigenvalue weighted by atomic mass is 19.1. The first-order valence-electron chi connectivity index (χ1n) is 10.6. The number of methoxy groups -OCH3 is 1. The van der Waals surface area contributed by atoms with Gasteiger partial charge in [0.05, 0.1) is 7.11 Å². The smallest absolute Gasteiger partial charge is 0.220 e. The molecule has 0 aliphatic carbocycles. The summed E-state index contributed by atoms with van der Waals surface area (Å²) in [7, 11) is 1.58. The molecule has 2 unspecified atom stereocenters. The highest BCUT2D eigenvalue weighted by Gasteiger charge is 2.29. The summed E-state index contributed by atoms with van der Waals surface area (Å²) in [4.78, 5) is 14.8. The number of piperidine rings is 1. The number of hydrogen-bond acceptors (Lipinski definition) is 4. The molecule has 1 fully saturated rings. The third kappa shape index (κ3) is 5.95. The van der Waals surface area contributed by atoms with Crippen molar-refractivity contribution in [3.05, 3.63) is 59.4 Å². The largest absolute Gasteiger partial charge is 0.507 e. The lowest BCUT2D eigenvalue weighted by Crippen LogP contribution is -2.41. The molecule has 0 radical (unpaired) electrons. The van der Waals surface area contributed by atoms with E-state index in [1.54, 1.807) is 25.3 Å². The molecule has 1 saturated heterocycles. The average molecular weight is 415 g/mol. The highest BCUT2D eigenvalue weighted by Crippen LogP contribution is 2.31. The normalized spacial score (nSPS) is 19.4. The highest BCUT2D eigenvalue weighted by molar-refractivity contribution is 5.76. The lowest BCUT2D eigenvalue weighted by atomic mass is 9.81. The number of carbonyl (C=O) groups is 1. The van der Waals surface area contributed by atoms with E-state index in [0.29, 0.717) is 37.1 Å². The zero-order chi connectivity index (χ0) is 21.5. The molecule has 0 bridgehead atoms. The van der Waals surface area contributed by atoms with Crippen LogP contribution in [0.1, 0.15) is 37.3 Å². The fourth-order valence-corrected chi connectivity index (χ4v) is 4.19. The summed E-state index contributed by atoms with van der Waals surface area (Å²) >= 11 is 0. The molecule has 2 aromatic rings. The predicted molar refractivity (Wildman–Crippen MR) is 115 cm³/mol. The van der Waals surface area contributed by atoms with Crippen LogP contribution >= 0.6 is 0 Å². The van der Waals surface area contributed by atoms with Crippen LogP contribution in [0.2, 0.25) is 0 Å². The van der Waals surface area contributed by atoms with Crippen molar-refractivity contribution in [3.8, 4) is 11.5 Å². The number of aromatic hydroxyl groups is 1. The van der Waals surface area contributed by atoms with Crippen molar-refractivity contribution in [3.63, 3.8) is 0 Å². The zero-order valence-electron chi connectivity index (χ0n) is 17.7. The van der Waals surface area contributed by atoms with E-state index in [4.69, 9.17) is 4.74 Å². The quantitative estimate of drug-likeness (QED) is 0.683. The van der Waals surface area contributed by atoms with Crippen LogP contribution in [-0.4, -0.2) is 36.1 Å². The van der Waals surface area contributed by atoms with E-state index < -0.39 is 0 Å². The third-order valence-electron chi connectivity index (χ3n) is 6.04. The first-order chi connectivity index (χ1) is 14.5. The fraction of sp³-hybridized carbons (Fsp3) is 0.458. The van der Waals surface area contributed by atoms with Crippen LogP contribution in [0, 0.1) is 17.7 Å². The number of ether oxygens (including phenoxy) is 1. The Morgan fingerprint density at radius 3 is 2.67 bits per heavy atom. The van der Waals surface area contributed by atoms with Gasteiger partial charge in [0.1, 0.15) is 17.3 Å². The topological polar surface area (TPSA) is 61.8 Å². The molecule has 162 valence electrons. The molecule has 30 heavy (non-hydrogen) atoms. The van der Waals surface area contributed by atoms with E-state index in [0.717, 1.165) is 37.1 Å². The Bertz CT molecular complexity index is 841. The summed E-state index contributed by atoms with van der Waals surface area (Å²) in [6.45, 7) is 5.10. The maximum atomic E-state index is 13.0. The number of phenolic OH excluding ortho intramolecular Hbond substituents is 1. The molecular weight excluding hydrogens is 383 g/mol. The van der Waals surface area contributed by atoms with Gasteiger partial charge in [0.25, 0.3) is 0 Å². The molecule has 2 aromatic carbocycles. The van der Waals surface area contributed by atoms with E-state index >= 15 is 0 Å². The van der Waals surface area contributed by atoms with Crippen LogP contribution in [-0.2, 0) is 17.9 Å². The summed E-state index contributed by atoms with van der Waals surface area (Å²) in [5.74, 6) is 1.46. The Balaban J connectivity index is 1.50. The van der Waals surface area contributed by atoms with Crippen molar-refractivity contribution >= 4 is 5.91 Å². The number of amides is 1. The molecule has 0 spiro atoms. The van der Waals surface area contributed by atoms with Gasteiger partial charge in [-0.15, -0.1) is 0 Å². The SMILES string of the molecule is CCC1CN(Cc2ccc(OC)cc2O)CCC1CC(=O)NCc1ccc(F)cc1. The number of carbonyl (C=O) groups excluding carboxylic acids is 1. The van der Waals surface area contributed by atoms with Gasteiger partial charge in [-0.3, -0.25) is 9.69 Å². The van der Waals surface area contributed by atoms with Gasteiger partial charge in [-0.2, -0.15) is 0 Å². The van der Waals surface area contributed by atoms with Gasteiger partial charge in [0.15, 0.2) is 0 Å². The second-order valence-corrected chi connectivity index (χ2v) is 8.05. The van der Waals surface area contributed by atoms with Gasteiger partial charge in [0.2, 0.25) is 5.91 Å². The summed E-state index contributed by atoms with van der Waals surface area (Å²) in [5.41, 5.74) is 1.78. The average Bonchev–Trinajstić information content (AvgIpc) is 2.75. The Labute approximate surface area is 177 Å². The van der Waals surface area contributed by atoms with E-state index in [1.807, 2.05) is 12.1 Å². The van der Waals surface area contributed by atoms with Crippen LogP contribution in [0.5, 0.6) is 11.5 Å². The molecule has 1 amide bonds. The number of phenols is 1. The van der Waals surface area contributed by atoms with Gasteiger partial charge >= 0.3 is 0 Å². The number of benzene rings is 2. The van der Waals surface area contributed by atoms with Gasteiger partial charge in [-0.1, -0.05) is 31.5 Å². The van der Waals surface area contributed by atoms with Crippen molar-refractivity contribution in [1.82, 2.24) is 10.2 Å². The van der Waals surface area contributed by atoms with Crippen molar-refractivity contribution in [2.45, 2.75) is 39.3 Å². The lowest BCUT2D eigenvalue weighted by Gasteiger charge is -2.38. The van der Waals surface area contributed by atoms with Crippen LogP contribution < -0.4 is 10.1 Å². The number of likely N-dealkylation sites (tertiary alicyclic amines) is 1. The first kappa shape index (κ1) is 22.1. The maximum Gasteiger partial charge on any atom is 0.220 e. The number of rotatable bonds is 8. The third-order valence-corrected chi connectivity index (χ3v) is 6.04. The molecule has 2 atom stereocenters. The molecule has 0 saturated carbocycles. The van der Waals surface area contributed by atoms with E-state index in [2.05, 4.69) is 17.1 Å². The van der Waals surface area contributed by atoms with Crippen LogP contribution in [0.15, 0.2) is 42.5 Å². The molecule has 1 heterocycles. The zero-order valence-corrected chi connectivity index (χ0v) is 17.7. The Morgan fingerprint density at radius 1 is 1.23 bits per heavy atom. The minimum atomic E-state index is -0.273. The standard InChI is InChI=1S/C24H31FN2O3/c1-3-18-15-27(16-20-6-9-22(30-2)13-23(20)28)11-10-19(18)12-24(29)26-14-17-4-7-21(25)8-5-17/h4-9,13,18-19,28H,3,10-12,14-16H2,1-2H3,(H,26,29). The van der Waals surface area contributed by atoms with Crippen LogP contribution in [0.4, 0.5) is 4.39 Å². The van der Waals surface area contributed by atoms with E-state index in [-0.39, 0.29) is 17.5 Å². The first-order valence-corrected chi connectivity index (χ1v) is 10.6. The van der Waals surface area contributed by atoms with Gasteiger partial charge in [-0.05, 0) is 48.6 Å². The lowest BCUT2D eigenvalue weighted by molar-refractivity contribution is -0.123.